The lowest BCUT2D eigenvalue weighted by Gasteiger charge is -2.08. The van der Waals surface area contributed by atoms with Crippen LogP contribution in [0.3, 0.4) is 0 Å². The van der Waals surface area contributed by atoms with Gasteiger partial charge in [-0.25, -0.2) is 0 Å². The summed E-state index contributed by atoms with van der Waals surface area (Å²) in [5.74, 6) is 1.24. The number of benzene rings is 2. The van der Waals surface area contributed by atoms with Gasteiger partial charge in [-0.15, -0.1) is 0 Å². The maximum atomic E-state index is 12.7. The summed E-state index contributed by atoms with van der Waals surface area (Å²) in [6.45, 7) is 0.290. The Labute approximate surface area is 186 Å². The Morgan fingerprint density at radius 3 is 2.90 bits per heavy atom. The van der Waals surface area contributed by atoms with E-state index in [0.29, 0.717) is 27.3 Å². The molecule has 3 aromatic rings. The smallest absolute Gasteiger partial charge is 0.259 e. The number of thioether (sulfide) groups is 1. The Morgan fingerprint density at radius 2 is 2.06 bits per heavy atom. The first kappa shape index (κ1) is 19.6. The monoisotopic (exact) mass is 452 g/mol. The van der Waals surface area contributed by atoms with Crippen molar-refractivity contribution in [3.8, 4) is 11.5 Å². The zero-order valence-electron chi connectivity index (χ0n) is 16.1. The van der Waals surface area contributed by atoms with E-state index in [-0.39, 0.29) is 25.2 Å². The number of anilines is 1. The number of carbonyl (C=O) groups excluding carboxylic acids is 2. The lowest BCUT2D eigenvalue weighted by atomic mass is 10.2. The normalized spacial score (nSPS) is 15.4. The van der Waals surface area contributed by atoms with Crippen LogP contribution in [0.25, 0.3) is 10.9 Å². The molecule has 0 atom stereocenters. The van der Waals surface area contributed by atoms with Gasteiger partial charge in [-0.2, -0.15) is 10.1 Å². The van der Waals surface area contributed by atoms with Crippen LogP contribution < -0.4 is 14.8 Å². The molecule has 1 N–H and O–H groups in total. The zero-order valence-corrected chi connectivity index (χ0v) is 17.7. The second-order valence-corrected chi connectivity index (χ2v) is 8.46. The molecule has 0 spiro atoms. The molecule has 156 valence electrons. The van der Waals surface area contributed by atoms with Crippen LogP contribution in [0, 0.1) is 0 Å². The second-order valence-electron chi connectivity index (χ2n) is 6.85. The number of hydrogen-bond donors (Lipinski definition) is 1. The maximum absolute atomic E-state index is 12.7. The van der Waals surface area contributed by atoms with Crippen molar-refractivity contribution in [3.05, 3.63) is 54.2 Å². The number of ether oxygens (including phenoxy) is 2. The summed E-state index contributed by atoms with van der Waals surface area (Å²) < 4.78 is 12.9. The van der Waals surface area contributed by atoms with Gasteiger partial charge in [-0.1, -0.05) is 42.2 Å². The van der Waals surface area contributed by atoms with Gasteiger partial charge < -0.3 is 19.4 Å². The van der Waals surface area contributed by atoms with Gasteiger partial charge in [0.15, 0.2) is 15.8 Å². The van der Waals surface area contributed by atoms with Crippen LogP contribution in [0.1, 0.15) is 5.56 Å². The van der Waals surface area contributed by atoms with E-state index in [0.717, 1.165) is 16.5 Å². The Balaban J connectivity index is 1.37. The standard InChI is InChI=1S/C21H16N4O4S2/c26-19(23-14-5-6-17-18(7-14)29-12-28-17)10-24-9-13(15-3-1-2-4-16(15)24)8-22-25-20(27)11-31-21(25)30/h1-9H,10-12H2,(H,23,26)/b22-8-. The minimum absolute atomic E-state index is 0.111. The molecule has 0 bridgehead atoms. The molecule has 2 amide bonds. The van der Waals surface area contributed by atoms with E-state index in [9.17, 15) is 9.59 Å². The molecule has 10 heteroatoms. The topological polar surface area (TPSA) is 85.2 Å². The molecule has 0 aliphatic carbocycles. The van der Waals surface area contributed by atoms with Gasteiger partial charge >= 0.3 is 0 Å². The average Bonchev–Trinajstić information content (AvgIpc) is 3.45. The Bertz CT molecular complexity index is 1240. The largest absolute Gasteiger partial charge is 0.454 e. The van der Waals surface area contributed by atoms with Crippen LogP contribution in [0.2, 0.25) is 0 Å². The molecule has 2 aliphatic heterocycles. The van der Waals surface area contributed by atoms with Crippen LogP contribution in [0.15, 0.2) is 53.8 Å². The predicted octanol–water partition coefficient (Wildman–Crippen LogP) is 3.20. The summed E-state index contributed by atoms with van der Waals surface area (Å²) in [7, 11) is 0. The molecule has 1 saturated heterocycles. The number of aromatic nitrogens is 1. The van der Waals surface area contributed by atoms with E-state index in [4.69, 9.17) is 21.7 Å². The van der Waals surface area contributed by atoms with Gasteiger partial charge in [0, 0.05) is 34.4 Å². The number of carbonyl (C=O) groups is 2. The Kier molecular flexibility index (Phi) is 5.08. The molecular weight excluding hydrogens is 436 g/mol. The fourth-order valence-corrected chi connectivity index (χ4v) is 4.38. The van der Waals surface area contributed by atoms with Crippen molar-refractivity contribution in [2.75, 3.05) is 17.9 Å². The summed E-state index contributed by atoms with van der Waals surface area (Å²) in [4.78, 5) is 24.6. The van der Waals surface area contributed by atoms with Crippen molar-refractivity contribution >= 4 is 62.9 Å². The molecule has 1 fully saturated rings. The molecule has 2 aromatic carbocycles. The fourth-order valence-electron chi connectivity index (χ4n) is 3.42. The van der Waals surface area contributed by atoms with E-state index in [1.165, 1.54) is 16.8 Å². The number of hydrogen-bond acceptors (Lipinski definition) is 7. The average molecular weight is 453 g/mol. The number of rotatable bonds is 5. The summed E-state index contributed by atoms with van der Waals surface area (Å²) in [6.07, 6.45) is 3.44. The molecule has 0 unspecified atom stereocenters. The highest BCUT2D eigenvalue weighted by atomic mass is 32.2. The predicted molar refractivity (Wildman–Crippen MR) is 123 cm³/mol. The molecule has 5 rings (SSSR count). The summed E-state index contributed by atoms with van der Waals surface area (Å²) >= 11 is 6.46. The molecule has 31 heavy (non-hydrogen) atoms. The number of amides is 2. The summed E-state index contributed by atoms with van der Waals surface area (Å²) in [5.41, 5.74) is 2.31. The summed E-state index contributed by atoms with van der Waals surface area (Å²) in [5, 5.41) is 9.29. The second kappa shape index (κ2) is 8.05. The van der Waals surface area contributed by atoms with Crippen LogP contribution in [-0.4, -0.2) is 44.5 Å². The first-order chi connectivity index (χ1) is 15.1. The van der Waals surface area contributed by atoms with E-state index in [1.807, 2.05) is 35.0 Å². The highest BCUT2D eigenvalue weighted by molar-refractivity contribution is 8.23. The molecule has 0 saturated carbocycles. The molecule has 0 radical (unpaired) electrons. The van der Waals surface area contributed by atoms with Crippen molar-refractivity contribution in [2.24, 2.45) is 5.10 Å². The third kappa shape index (κ3) is 3.87. The van der Waals surface area contributed by atoms with E-state index >= 15 is 0 Å². The number of para-hydroxylation sites is 1. The van der Waals surface area contributed by atoms with Crippen molar-refractivity contribution in [2.45, 2.75) is 6.54 Å². The first-order valence-electron chi connectivity index (χ1n) is 9.39. The van der Waals surface area contributed by atoms with Gasteiger partial charge in [0.1, 0.15) is 6.54 Å². The SMILES string of the molecule is O=C(Cn1cc(/C=N\N2C(=O)CSC2=S)c2ccccc21)Nc1ccc2c(c1)OCO2. The lowest BCUT2D eigenvalue weighted by Crippen LogP contribution is -2.22. The molecule has 1 aromatic heterocycles. The van der Waals surface area contributed by atoms with Crippen molar-refractivity contribution in [1.82, 2.24) is 9.58 Å². The van der Waals surface area contributed by atoms with Crippen LogP contribution >= 0.6 is 24.0 Å². The number of hydrazone groups is 1. The molecule has 2 aliphatic rings. The molecular formula is C21H16N4O4S2. The highest BCUT2D eigenvalue weighted by Crippen LogP contribution is 2.34. The Hall–Kier alpha value is -3.37. The van der Waals surface area contributed by atoms with Crippen molar-refractivity contribution in [3.63, 3.8) is 0 Å². The van der Waals surface area contributed by atoms with Crippen LogP contribution in [0.5, 0.6) is 11.5 Å². The van der Waals surface area contributed by atoms with E-state index in [2.05, 4.69) is 10.4 Å². The fraction of sp³-hybridized carbons (Fsp3) is 0.143. The third-order valence-electron chi connectivity index (χ3n) is 4.83. The molecule has 8 nitrogen and oxygen atoms in total. The van der Waals surface area contributed by atoms with Gasteiger partial charge in [0.25, 0.3) is 5.91 Å². The lowest BCUT2D eigenvalue weighted by molar-refractivity contribution is -0.124. The van der Waals surface area contributed by atoms with Gasteiger partial charge in [-0.3, -0.25) is 9.59 Å². The van der Waals surface area contributed by atoms with Gasteiger partial charge in [0.05, 0.1) is 12.0 Å². The number of thiocarbonyl (C=S) groups is 1. The quantitative estimate of drug-likeness (QED) is 0.473. The number of nitrogens with zero attached hydrogens (tertiary/aromatic N) is 3. The maximum Gasteiger partial charge on any atom is 0.259 e. The summed E-state index contributed by atoms with van der Waals surface area (Å²) in [6, 6.07) is 13.0. The van der Waals surface area contributed by atoms with Crippen molar-refractivity contribution in [1.29, 1.82) is 0 Å². The minimum Gasteiger partial charge on any atom is -0.454 e. The van der Waals surface area contributed by atoms with Crippen LogP contribution in [0.4, 0.5) is 5.69 Å². The Morgan fingerprint density at radius 1 is 1.23 bits per heavy atom. The highest BCUT2D eigenvalue weighted by Gasteiger charge is 2.26. The van der Waals surface area contributed by atoms with E-state index < -0.39 is 0 Å². The van der Waals surface area contributed by atoms with E-state index in [1.54, 1.807) is 24.4 Å². The van der Waals surface area contributed by atoms with Gasteiger partial charge in [-0.05, 0) is 18.2 Å². The minimum atomic E-state index is -0.185. The third-order valence-corrected chi connectivity index (χ3v) is 6.17. The van der Waals surface area contributed by atoms with Crippen molar-refractivity contribution < 1.29 is 19.1 Å². The molecule has 3 heterocycles. The van der Waals surface area contributed by atoms with Crippen LogP contribution in [-0.2, 0) is 16.1 Å². The number of fused-ring (bicyclic) bond motifs is 2. The first-order valence-corrected chi connectivity index (χ1v) is 10.8. The zero-order chi connectivity index (χ0) is 21.4. The number of nitrogens with one attached hydrogen (secondary N) is 1. The van der Waals surface area contributed by atoms with Gasteiger partial charge in [0.2, 0.25) is 12.7 Å².